The van der Waals surface area contributed by atoms with Gasteiger partial charge in [-0.1, -0.05) is 32.0 Å². The lowest BCUT2D eigenvalue weighted by molar-refractivity contribution is -0.915. The van der Waals surface area contributed by atoms with Gasteiger partial charge in [0.1, 0.15) is 25.0 Å². The van der Waals surface area contributed by atoms with E-state index in [4.69, 9.17) is 4.74 Å². The van der Waals surface area contributed by atoms with E-state index < -0.39 is 0 Å². The van der Waals surface area contributed by atoms with Crippen LogP contribution in [0.25, 0.3) is 0 Å². The van der Waals surface area contributed by atoms with E-state index in [1.54, 1.807) is 0 Å². The number of ether oxygens (including phenoxy) is 1. The van der Waals surface area contributed by atoms with Gasteiger partial charge in [0.05, 0.1) is 13.1 Å². The summed E-state index contributed by atoms with van der Waals surface area (Å²) < 4.78 is 5.73. The summed E-state index contributed by atoms with van der Waals surface area (Å²) in [5, 5.41) is 10.2. The normalized spacial score (nSPS) is 28.1. The lowest BCUT2D eigenvalue weighted by Crippen LogP contribution is -3.15. The molecule has 0 unspecified atom stereocenters. The van der Waals surface area contributed by atoms with E-state index in [0.29, 0.717) is 6.61 Å². The van der Waals surface area contributed by atoms with Crippen molar-refractivity contribution < 1.29 is 14.7 Å². The third kappa shape index (κ3) is 4.50. The first-order chi connectivity index (χ1) is 9.54. The van der Waals surface area contributed by atoms with Crippen molar-refractivity contribution >= 4 is 0 Å². The van der Waals surface area contributed by atoms with Crippen molar-refractivity contribution in [1.29, 1.82) is 0 Å². The van der Waals surface area contributed by atoms with E-state index in [2.05, 4.69) is 13.8 Å². The van der Waals surface area contributed by atoms with Crippen LogP contribution in [0.5, 0.6) is 5.75 Å². The molecule has 0 bridgehead atoms. The highest BCUT2D eigenvalue weighted by Crippen LogP contribution is 2.16. The van der Waals surface area contributed by atoms with Crippen molar-refractivity contribution in [3.63, 3.8) is 0 Å². The lowest BCUT2D eigenvalue weighted by atomic mass is 9.92. The molecule has 2 N–H and O–H groups in total. The van der Waals surface area contributed by atoms with E-state index in [1.807, 2.05) is 31.2 Å². The molecule has 1 fully saturated rings. The van der Waals surface area contributed by atoms with E-state index in [9.17, 15) is 5.11 Å². The van der Waals surface area contributed by atoms with E-state index >= 15 is 0 Å². The smallest absolute Gasteiger partial charge is 0.137 e. The zero-order valence-corrected chi connectivity index (χ0v) is 12.9. The number of aliphatic hydroxyl groups excluding tert-OH is 1. The van der Waals surface area contributed by atoms with Crippen LogP contribution in [0.1, 0.15) is 25.8 Å². The topological polar surface area (TPSA) is 33.9 Å². The van der Waals surface area contributed by atoms with E-state index in [1.165, 1.54) is 24.4 Å². The summed E-state index contributed by atoms with van der Waals surface area (Å²) in [5.74, 6) is 2.40. The molecule has 0 radical (unpaired) electrons. The highest BCUT2D eigenvalue weighted by atomic mass is 16.5. The number of hydrogen-bond acceptors (Lipinski definition) is 2. The number of aryl methyl sites for hydroxylation is 1. The molecule has 2 rings (SSSR count). The molecule has 20 heavy (non-hydrogen) atoms. The van der Waals surface area contributed by atoms with Crippen LogP contribution in [0.4, 0.5) is 0 Å². The molecule has 1 aromatic carbocycles. The van der Waals surface area contributed by atoms with Gasteiger partial charge < -0.3 is 14.7 Å². The maximum Gasteiger partial charge on any atom is 0.137 e. The zero-order valence-electron chi connectivity index (χ0n) is 12.9. The van der Waals surface area contributed by atoms with Crippen LogP contribution in [-0.2, 0) is 0 Å². The fraction of sp³-hybridized carbons (Fsp3) is 0.647. The Balaban J connectivity index is 1.78. The Morgan fingerprint density at radius 2 is 1.90 bits per heavy atom. The van der Waals surface area contributed by atoms with Crippen molar-refractivity contribution in [3.8, 4) is 5.75 Å². The van der Waals surface area contributed by atoms with Gasteiger partial charge in [0.2, 0.25) is 0 Å². The van der Waals surface area contributed by atoms with Crippen molar-refractivity contribution in [3.05, 3.63) is 29.8 Å². The molecule has 1 aliphatic heterocycles. The first kappa shape index (κ1) is 15.3. The van der Waals surface area contributed by atoms with Crippen LogP contribution in [-0.4, -0.2) is 37.5 Å². The molecule has 0 aliphatic carbocycles. The molecule has 0 amide bonds. The van der Waals surface area contributed by atoms with Crippen molar-refractivity contribution in [2.75, 3.05) is 26.2 Å². The van der Waals surface area contributed by atoms with Crippen LogP contribution < -0.4 is 9.64 Å². The van der Waals surface area contributed by atoms with Crippen LogP contribution in [0.2, 0.25) is 0 Å². The van der Waals surface area contributed by atoms with E-state index in [0.717, 1.165) is 29.7 Å². The van der Waals surface area contributed by atoms with Gasteiger partial charge in [-0.05, 0) is 25.0 Å². The number of nitrogens with one attached hydrogen (secondary N) is 1. The van der Waals surface area contributed by atoms with Gasteiger partial charge in [-0.2, -0.15) is 0 Å². The Kier molecular flexibility index (Phi) is 5.44. The summed E-state index contributed by atoms with van der Waals surface area (Å²) in [4.78, 5) is 1.51. The maximum atomic E-state index is 10.2. The van der Waals surface area contributed by atoms with Crippen LogP contribution in [0.3, 0.4) is 0 Å². The molecule has 0 aromatic heterocycles. The Morgan fingerprint density at radius 1 is 1.25 bits per heavy atom. The highest BCUT2D eigenvalue weighted by Gasteiger charge is 2.26. The van der Waals surface area contributed by atoms with Gasteiger partial charge >= 0.3 is 0 Å². The van der Waals surface area contributed by atoms with Gasteiger partial charge in [0.15, 0.2) is 0 Å². The van der Waals surface area contributed by atoms with Gasteiger partial charge in [0, 0.05) is 11.8 Å². The van der Waals surface area contributed by atoms with Crippen molar-refractivity contribution in [2.24, 2.45) is 11.8 Å². The number of benzene rings is 1. The fourth-order valence-electron chi connectivity index (χ4n) is 3.39. The number of rotatable bonds is 5. The minimum absolute atomic E-state index is 0.386. The number of quaternary nitrogens is 1. The van der Waals surface area contributed by atoms with Crippen LogP contribution in [0, 0.1) is 18.8 Å². The number of para-hydroxylation sites is 1. The third-order valence-electron chi connectivity index (χ3n) is 4.13. The summed E-state index contributed by atoms with van der Waals surface area (Å²) in [5.41, 5.74) is 1.12. The number of aliphatic hydroxyl groups is 1. The first-order valence-corrected chi connectivity index (χ1v) is 7.74. The minimum atomic E-state index is -0.387. The molecule has 1 aromatic rings. The number of hydrogen-bond donors (Lipinski definition) is 2. The Morgan fingerprint density at radius 3 is 2.55 bits per heavy atom. The summed E-state index contributed by atoms with van der Waals surface area (Å²) in [7, 11) is 0. The summed E-state index contributed by atoms with van der Waals surface area (Å²) >= 11 is 0. The van der Waals surface area contributed by atoms with Crippen molar-refractivity contribution in [2.45, 2.75) is 33.3 Å². The van der Waals surface area contributed by atoms with Gasteiger partial charge in [-0.3, -0.25) is 0 Å². The number of piperidine rings is 1. The summed E-state index contributed by atoms with van der Waals surface area (Å²) in [6.45, 7) is 10.2. The van der Waals surface area contributed by atoms with Gasteiger partial charge in [-0.15, -0.1) is 0 Å². The quantitative estimate of drug-likeness (QED) is 0.851. The average Bonchev–Trinajstić information content (AvgIpc) is 2.36. The second-order valence-corrected chi connectivity index (χ2v) is 6.54. The second-order valence-electron chi connectivity index (χ2n) is 6.54. The Hall–Kier alpha value is -1.06. The maximum absolute atomic E-state index is 10.2. The molecule has 0 saturated carbocycles. The molecule has 3 atom stereocenters. The van der Waals surface area contributed by atoms with Gasteiger partial charge in [0.25, 0.3) is 0 Å². The highest BCUT2D eigenvalue weighted by molar-refractivity contribution is 5.31. The third-order valence-corrected chi connectivity index (χ3v) is 4.13. The second kappa shape index (κ2) is 7.09. The molecule has 3 nitrogen and oxygen atoms in total. The standard InChI is InChI=1S/C17H27NO2/c1-13-8-14(2)10-18(9-13)11-16(19)12-20-17-7-5-4-6-15(17)3/h4-7,13-14,16,19H,8-12H2,1-3H3/p+1/t13-,14-,16+/m0/s1. The predicted octanol–water partition coefficient (Wildman–Crippen LogP) is 1.30. The summed E-state index contributed by atoms with van der Waals surface area (Å²) in [6.07, 6.45) is 0.932. The molecule has 112 valence electrons. The summed E-state index contributed by atoms with van der Waals surface area (Å²) in [6, 6.07) is 7.95. The zero-order chi connectivity index (χ0) is 14.5. The van der Waals surface area contributed by atoms with Crippen LogP contribution >= 0.6 is 0 Å². The monoisotopic (exact) mass is 278 g/mol. The average molecular weight is 278 g/mol. The van der Waals surface area contributed by atoms with Crippen LogP contribution in [0.15, 0.2) is 24.3 Å². The molecule has 0 spiro atoms. The SMILES string of the molecule is Cc1ccccc1OC[C@H](O)C[NH+]1C[C@@H](C)C[C@H](C)C1. The van der Waals surface area contributed by atoms with E-state index in [-0.39, 0.29) is 6.10 Å². The molecular weight excluding hydrogens is 250 g/mol. The van der Waals surface area contributed by atoms with Gasteiger partial charge in [-0.25, -0.2) is 0 Å². The molecule has 3 heteroatoms. The Bertz CT molecular complexity index is 411. The molecule has 1 aliphatic rings. The largest absolute Gasteiger partial charge is 0.490 e. The Labute approximate surface area is 122 Å². The molecule has 1 heterocycles. The number of likely N-dealkylation sites (tertiary alicyclic amines) is 1. The first-order valence-electron chi connectivity index (χ1n) is 7.74. The minimum Gasteiger partial charge on any atom is -0.490 e. The molecular formula is C17H28NO2+. The van der Waals surface area contributed by atoms with Crippen molar-refractivity contribution in [1.82, 2.24) is 0 Å². The lowest BCUT2D eigenvalue weighted by Gasteiger charge is -2.33. The predicted molar refractivity (Wildman–Crippen MR) is 81.2 cm³/mol. The fourth-order valence-corrected chi connectivity index (χ4v) is 3.39. The molecule has 1 saturated heterocycles.